The van der Waals surface area contributed by atoms with Crippen LogP contribution in [0.3, 0.4) is 0 Å². The molecule has 0 aliphatic carbocycles. The standard InChI is InChI=1S/C40H23N3S2/c1-3-13-24(14-4-1)29-23-30(25-15-5-2-6-16-25)42-40(41-29)43-31-20-10-7-17-26(31)36-37(43)39-35(28-19-9-12-22-33(28)45-39)34-27-18-8-11-21-32(27)44-38(34)36/h1-23H. The van der Waals surface area contributed by atoms with Gasteiger partial charge in [0.25, 0.3) is 0 Å². The van der Waals surface area contributed by atoms with Crippen LogP contribution in [0.2, 0.25) is 0 Å². The number of hydrogen-bond acceptors (Lipinski definition) is 4. The minimum atomic E-state index is 0.681. The van der Waals surface area contributed by atoms with Crippen LogP contribution in [0, 0.1) is 0 Å². The fourth-order valence-electron chi connectivity index (χ4n) is 6.87. The molecule has 0 saturated heterocycles. The van der Waals surface area contributed by atoms with Crippen LogP contribution in [-0.4, -0.2) is 14.5 Å². The van der Waals surface area contributed by atoms with Gasteiger partial charge >= 0.3 is 0 Å². The van der Waals surface area contributed by atoms with Crippen molar-refractivity contribution in [1.82, 2.24) is 14.5 Å². The molecule has 0 unspecified atom stereocenters. The molecule has 0 amide bonds. The number of hydrogen-bond donors (Lipinski definition) is 0. The number of benzene rings is 6. The monoisotopic (exact) mass is 609 g/mol. The lowest BCUT2D eigenvalue weighted by molar-refractivity contribution is 0.998. The van der Waals surface area contributed by atoms with Crippen LogP contribution in [0.5, 0.6) is 0 Å². The minimum absolute atomic E-state index is 0.681. The molecular weight excluding hydrogens is 587 g/mol. The third kappa shape index (κ3) is 3.62. The molecule has 0 spiro atoms. The van der Waals surface area contributed by atoms with Crippen molar-refractivity contribution in [3.8, 4) is 28.5 Å². The van der Waals surface area contributed by atoms with Crippen molar-refractivity contribution in [3.63, 3.8) is 0 Å². The zero-order chi connectivity index (χ0) is 29.5. The van der Waals surface area contributed by atoms with Crippen molar-refractivity contribution in [2.24, 2.45) is 0 Å². The number of aromatic nitrogens is 3. The Kier molecular flexibility index (Phi) is 5.32. The molecule has 45 heavy (non-hydrogen) atoms. The van der Waals surface area contributed by atoms with Gasteiger partial charge in [0.05, 0.1) is 27.1 Å². The SMILES string of the molecule is c1ccc(-c2cc(-c3ccccc3)nc(-n3c4ccccc4c4c5sc6ccccc6c5c5c6ccccc6sc5c43)n2)cc1. The molecule has 0 saturated carbocycles. The third-order valence-corrected chi connectivity index (χ3v) is 11.2. The molecule has 0 aliphatic rings. The summed E-state index contributed by atoms with van der Waals surface area (Å²) in [6.07, 6.45) is 0. The first-order chi connectivity index (χ1) is 22.3. The molecule has 0 radical (unpaired) electrons. The Balaban J connectivity index is 1.44. The van der Waals surface area contributed by atoms with Crippen LogP contribution >= 0.6 is 22.7 Å². The summed E-state index contributed by atoms with van der Waals surface area (Å²) in [6.45, 7) is 0. The largest absolute Gasteiger partial charge is 0.276 e. The lowest BCUT2D eigenvalue weighted by Gasteiger charge is -2.12. The number of rotatable bonds is 3. The molecule has 5 heteroatoms. The lowest BCUT2D eigenvalue weighted by Crippen LogP contribution is -2.04. The van der Waals surface area contributed by atoms with E-state index in [1.54, 1.807) is 0 Å². The third-order valence-electron chi connectivity index (χ3n) is 8.81. The summed E-state index contributed by atoms with van der Waals surface area (Å²) in [7, 11) is 0. The maximum absolute atomic E-state index is 5.32. The summed E-state index contributed by atoms with van der Waals surface area (Å²) in [5.41, 5.74) is 6.23. The number of para-hydroxylation sites is 1. The Hall–Kier alpha value is -5.36. The topological polar surface area (TPSA) is 30.7 Å². The summed E-state index contributed by atoms with van der Waals surface area (Å²) in [4.78, 5) is 10.6. The van der Waals surface area contributed by atoms with E-state index in [2.05, 4.69) is 132 Å². The molecule has 0 atom stereocenters. The second-order valence-corrected chi connectivity index (χ2v) is 13.5. The van der Waals surface area contributed by atoms with Gasteiger partial charge in [-0.15, -0.1) is 22.7 Å². The van der Waals surface area contributed by atoms with Gasteiger partial charge in [-0.3, -0.25) is 4.57 Å². The number of thiophene rings is 2. The first-order valence-corrected chi connectivity index (χ1v) is 16.6. The van der Waals surface area contributed by atoms with Gasteiger partial charge in [0.2, 0.25) is 5.95 Å². The molecule has 4 heterocycles. The van der Waals surface area contributed by atoms with E-state index >= 15 is 0 Å². The van der Waals surface area contributed by atoms with Gasteiger partial charge in [0.1, 0.15) is 0 Å². The zero-order valence-electron chi connectivity index (χ0n) is 23.9. The molecule has 3 nitrogen and oxygen atoms in total. The quantitative estimate of drug-likeness (QED) is 0.199. The van der Waals surface area contributed by atoms with Gasteiger partial charge < -0.3 is 0 Å². The molecule has 0 bridgehead atoms. The summed E-state index contributed by atoms with van der Waals surface area (Å²) >= 11 is 3.76. The number of fused-ring (bicyclic) bond motifs is 12. The molecule has 4 aromatic heterocycles. The average Bonchev–Trinajstić information content (AvgIpc) is 3.78. The maximum atomic E-state index is 5.32. The Morgan fingerprint density at radius 1 is 0.444 bits per heavy atom. The molecule has 10 aromatic rings. The minimum Gasteiger partial charge on any atom is -0.276 e. The Morgan fingerprint density at radius 2 is 0.933 bits per heavy atom. The zero-order valence-corrected chi connectivity index (χ0v) is 25.6. The van der Waals surface area contributed by atoms with Crippen molar-refractivity contribution >= 4 is 84.8 Å². The predicted octanol–water partition coefficient (Wildman–Crippen LogP) is 11.6. The van der Waals surface area contributed by atoms with E-state index in [-0.39, 0.29) is 0 Å². The Morgan fingerprint density at radius 3 is 1.56 bits per heavy atom. The molecular formula is C40H23N3S2. The van der Waals surface area contributed by atoms with E-state index in [9.17, 15) is 0 Å². The van der Waals surface area contributed by atoms with Gasteiger partial charge in [-0.2, -0.15) is 0 Å². The van der Waals surface area contributed by atoms with E-state index in [0.717, 1.165) is 28.0 Å². The van der Waals surface area contributed by atoms with E-state index in [0.29, 0.717) is 5.95 Å². The van der Waals surface area contributed by atoms with Crippen LogP contribution in [0.1, 0.15) is 0 Å². The van der Waals surface area contributed by atoms with E-state index in [1.165, 1.54) is 56.6 Å². The molecule has 10 rings (SSSR count). The average molecular weight is 610 g/mol. The fourth-order valence-corrected chi connectivity index (χ4v) is 9.39. The van der Waals surface area contributed by atoms with Crippen LogP contribution in [-0.2, 0) is 0 Å². The highest BCUT2D eigenvalue weighted by molar-refractivity contribution is 7.29. The van der Waals surface area contributed by atoms with Gasteiger partial charge in [0, 0.05) is 57.5 Å². The van der Waals surface area contributed by atoms with Crippen molar-refractivity contribution in [1.29, 1.82) is 0 Å². The second kappa shape index (κ2) is 9.57. The molecule has 0 aliphatic heterocycles. The first kappa shape index (κ1) is 25.0. The summed E-state index contributed by atoms with van der Waals surface area (Å²) in [5, 5.41) is 7.78. The highest BCUT2D eigenvalue weighted by Crippen LogP contribution is 2.51. The Labute approximate surface area is 266 Å². The lowest BCUT2D eigenvalue weighted by atomic mass is 10.0. The Bertz CT molecular complexity index is 2700. The van der Waals surface area contributed by atoms with Gasteiger partial charge in [0.15, 0.2) is 0 Å². The van der Waals surface area contributed by atoms with Crippen molar-refractivity contribution in [2.75, 3.05) is 0 Å². The molecule has 0 fully saturated rings. The summed E-state index contributed by atoms with van der Waals surface area (Å²) < 4.78 is 7.51. The predicted molar refractivity (Wildman–Crippen MR) is 193 cm³/mol. The van der Waals surface area contributed by atoms with E-state index < -0.39 is 0 Å². The maximum Gasteiger partial charge on any atom is 0.235 e. The molecule has 0 N–H and O–H groups in total. The van der Waals surface area contributed by atoms with Gasteiger partial charge in [-0.1, -0.05) is 115 Å². The normalized spacial score (nSPS) is 12.0. The fraction of sp³-hybridized carbons (Fsp3) is 0. The highest BCUT2D eigenvalue weighted by atomic mass is 32.1. The van der Waals surface area contributed by atoms with Crippen molar-refractivity contribution in [3.05, 3.63) is 140 Å². The van der Waals surface area contributed by atoms with E-state index in [1.807, 2.05) is 34.8 Å². The first-order valence-electron chi connectivity index (χ1n) is 15.0. The van der Waals surface area contributed by atoms with Gasteiger partial charge in [-0.25, -0.2) is 9.97 Å². The van der Waals surface area contributed by atoms with Crippen LogP contribution in [0.15, 0.2) is 140 Å². The summed E-state index contributed by atoms with van der Waals surface area (Å²) in [5.74, 6) is 0.681. The smallest absolute Gasteiger partial charge is 0.235 e. The summed E-state index contributed by atoms with van der Waals surface area (Å²) in [6, 6.07) is 49.4. The highest BCUT2D eigenvalue weighted by Gasteiger charge is 2.25. The van der Waals surface area contributed by atoms with Gasteiger partial charge in [-0.05, 0) is 24.3 Å². The van der Waals surface area contributed by atoms with Crippen LogP contribution < -0.4 is 0 Å². The van der Waals surface area contributed by atoms with Crippen molar-refractivity contribution < 1.29 is 0 Å². The molecule has 6 aromatic carbocycles. The second-order valence-electron chi connectivity index (χ2n) is 11.4. The van der Waals surface area contributed by atoms with E-state index in [4.69, 9.17) is 9.97 Å². The van der Waals surface area contributed by atoms with Crippen molar-refractivity contribution in [2.45, 2.75) is 0 Å². The van der Waals surface area contributed by atoms with Crippen LogP contribution in [0.4, 0.5) is 0 Å². The number of nitrogens with zero attached hydrogens (tertiary/aromatic N) is 3. The van der Waals surface area contributed by atoms with Crippen LogP contribution in [0.25, 0.3) is 90.6 Å². The molecule has 210 valence electrons.